The summed E-state index contributed by atoms with van der Waals surface area (Å²) < 4.78 is 5.93. The number of carbonyl (C=O) groups is 4. The van der Waals surface area contributed by atoms with Gasteiger partial charge in [0.25, 0.3) is 11.8 Å². The lowest BCUT2D eigenvalue weighted by Gasteiger charge is -2.36. The van der Waals surface area contributed by atoms with E-state index >= 15 is 0 Å². The lowest BCUT2D eigenvalue weighted by Crippen LogP contribution is -2.61. The molecule has 2 aliphatic heterocycles. The Morgan fingerprint density at radius 1 is 0.977 bits per heavy atom. The quantitative estimate of drug-likeness (QED) is 0.363. The van der Waals surface area contributed by atoms with Gasteiger partial charge in [-0.3, -0.25) is 29.2 Å². The lowest BCUT2D eigenvalue weighted by molar-refractivity contribution is -0.168. The molecular weight excluding hydrogens is 562 g/mol. The van der Waals surface area contributed by atoms with Crippen LogP contribution in [0.25, 0.3) is 17.0 Å². The molecule has 1 aromatic carbocycles. The van der Waals surface area contributed by atoms with Crippen LogP contribution >= 0.6 is 0 Å². The standard InChI is InChI=1S/C33H43N5O6/c1-19(2)28-30(41)35-21(4)31(42)38-17-5-6-26(37-38)29(40)34-20(3)25-10-9-23-8-7-22(18-27(23)36-25)11-14-33(32(43)44-28)15-12-24(39)13-16-33/h7-11,14,18-21,24,26,28,37,39H,5-6,12-13,15-17H2,1-4H3,(H,34,40)(H,35,41)/b14-11+/t20-,21+,24-,26+,28?,33-/m1/s1. The number of benzene rings is 1. The van der Waals surface area contributed by atoms with E-state index in [0.29, 0.717) is 50.8 Å². The molecule has 4 atom stereocenters. The van der Waals surface area contributed by atoms with E-state index in [1.165, 1.54) is 5.01 Å². The molecule has 1 aliphatic carbocycles. The van der Waals surface area contributed by atoms with Crippen LogP contribution in [0.4, 0.5) is 0 Å². The number of rotatable bonds is 1. The fraction of sp³-hybridized carbons (Fsp3) is 0.545. The van der Waals surface area contributed by atoms with E-state index < -0.39 is 47.5 Å². The molecule has 3 heterocycles. The number of aromatic nitrogens is 1. The first kappa shape index (κ1) is 31.6. The summed E-state index contributed by atoms with van der Waals surface area (Å²) >= 11 is 0. The molecule has 4 N–H and O–H groups in total. The third-order valence-electron chi connectivity index (χ3n) is 8.98. The third-order valence-corrected chi connectivity index (χ3v) is 8.98. The molecule has 3 aliphatic rings. The zero-order valence-electron chi connectivity index (χ0n) is 25.8. The number of esters is 1. The summed E-state index contributed by atoms with van der Waals surface area (Å²) in [6, 6.07) is 7.74. The maximum atomic E-state index is 13.9. The number of ether oxygens (including phenoxy) is 1. The van der Waals surface area contributed by atoms with E-state index in [1.807, 2.05) is 49.4 Å². The number of fused-ring (bicyclic) bond motifs is 4. The van der Waals surface area contributed by atoms with Gasteiger partial charge in [-0.05, 0) is 76.0 Å². The maximum absolute atomic E-state index is 13.9. The zero-order valence-corrected chi connectivity index (χ0v) is 25.8. The first-order valence-corrected chi connectivity index (χ1v) is 15.6. The minimum absolute atomic E-state index is 0.245. The monoisotopic (exact) mass is 605 g/mol. The van der Waals surface area contributed by atoms with Crippen molar-refractivity contribution in [2.75, 3.05) is 6.54 Å². The third kappa shape index (κ3) is 6.78. The zero-order chi connectivity index (χ0) is 31.6. The highest BCUT2D eigenvalue weighted by molar-refractivity contribution is 5.92. The number of amides is 3. The van der Waals surface area contributed by atoms with Crippen LogP contribution < -0.4 is 16.1 Å². The van der Waals surface area contributed by atoms with Crippen molar-refractivity contribution in [1.82, 2.24) is 26.1 Å². The first-order valence-electron chi connectivity index (χ1n) is 15.6. The molecule has 1 aromatic heterocycles. The van der Waals surface area contributed by atoms with Crippen molar-refractivity contribution in [2.45, 2.75) is 96.6 Å². The summed E-state index contributed by atoms with van der Waals surface area (Å²) in [5.41, 5.74) is 4.27. The van der Waals surface area contributed by atoms with Gasteiger partial charge in [0.05, 0.1) is 28.8 Å². The second-order valence-corrected chi connectivity index (χ2v) is 12.8. The van der Waals surface area contributed by atoms with Gasteiger partial charge in [-0.15, -0.1) is 0 Å². The van der Waals surface area contributed by atoms with E-state index in [4.69, 9.17) is 9.72 Å². The van der Waals surface area contributed by atoms with Gasteiger partial charge in [0.2, 0.25) is 5.91 Å². The van der Waals surface area contributed by atoms with Gasteiger partial charge in [0.15, 0.2) is 6.10 Å². The molecule has 236 valence electrons. The Morgan fingerprint density at radius 3 is 2.41 bits per heavy atom. The molecule has 5 rings (SSSR count). The molecule has 1 saturated carbocycles. The molecule has 1 spiro atoms. The molecule has 2 fully saturated rings. The first-order chi connectivity index (χ1) is 21.0. The van der Waals surface area contributed by atoms with Gasteiger partial charge in [-0.25, -0.2) is 5.43 Å². The number of hydrogen-bond donors (Lipinski definition) is 4. The number of nitrogens with zero attached hydrogens (tertiary/aromatic N) is 2. The van der Waals surface area contributed by atoms with Gasteiger partial charge in [0.1, 0.15) is 12.1 Å². The second-order valence-electron chi connectivity index (χ2n) is 12.8. The molecule has 0 radical (unpaired) electrons. The van der Waals surface area contributed by atoms with Crippen molar-refractivity contribution in [2.24, 2.45) is 11.3 Å². The Balaban J connectivity index is 1.53. The van der Waals surface area contributed by atoms with E-state index in [9.17, 15) is 24.3 Å². The smallest absolute Gasteiger partial charge is 0.316 e. The second kappa shape index (κ2) is 13.0. The molecule has 44 heavy (non-hydrogen) atoms. The van der Waals surface area contributed by atoms with Crippen molar-refractivity contribution in [1.29, 1.82) is 0 Å². The van der Waals surface area contributed by atoms with Crippen LogP contribution in [0, 0.1) is 11.3 Å². The van der Waals surface area contributed by atoms with Crippen molar-refractivity contribution in [3.05, 3.63) is 47.7 Å². The number of aliphatic hydroxyl groups excluding tert-OH is 1. The van der Waals surface area contributed by atoms with E-state index in [-0.39, 0.29) is 17.9 Å². The number of pyridine rings is 1. The van der Waals surface area contributed by atoms with Gasteiger partial charge in [0, 0.05) is 11.9 Å². The maximum Gasteiger partial charge on any atom is 0.316 e. The van der Waals surface area contributed by atoms with Crippen molar-refractivity contribution in [3.8, 4) is 0 Å². The van der Waals surface area contributed by atoms with Crippen LogP contribution in [0.2, 0.25) is 0 Å². The molecule has 11 nitrogen and oxygen atoms in total. The van der Waals surface area contributed by atoms with Gasteiger partial charge in [-0.2, -0.15) is 0 Å². The van der Waals surface area contributed by atoms with Crippen LogP contribution in [0.15, 0.2) is 36.4 Å². The van der Waals surface area contributed by atoms with E-state index in [2.05, 4.69) is 16.1 Å². The van der Waals surface area contributed by atoms with Crippen LogP contribution in [0.1, 0.15) is 83.5 Å². The lowest BCUT2D eigenvalue weighted by atomic mass is 9.72. The number of carbonyl (C=O) groups excluding carboxylic acids is 4. The summed E-state index contributed by atoms with van der Waals surface area (Å²) in [5, 5.41) is 18.3. The minimum atomic E-state index is -1.12. The number of nitrogens with one attached hydrogen (secondary N) is 3. The van der Waals surface area contributed by atoms with Crippen LogP contribution in [-0.4, -0.2) is 69.6 Å². The Morgan fingerprint density at radius 2 is 1.68 bits per heavy atom. The van der Waals surface area contributed by atoms with Crippen molar-refractivity contribution in [3.63, 3.8) is 0 Å². The SMILES string of the molecule is CC(C)C1OC(=O)[C@]2(/C=C/c3ccc4ccc(nc4c3)[C@@H](C)NC(=O)[C@@H]3CCCN(N3)C(=O)[C@H](C)NC1=O)CC[C@@H](O)CC2. The highest BCUT2D eigenvalue weighted by Crippen LogP contribution is 2.40. The Hall–Kier alpha value is -3.83. The average Bonchev–Trinajstić information content (AvgIpc) is 3.01. The summed E-state index contributed by atoms with van der Waals surface area (Å²) in [6.07, 6.45) is 4.84. The predicted molar refractivity (Wildman–Crippen MR) is 164 cm³/mol. The Labute approximate surface area is 257 Å². The van der Waals surface area contributed by atoms with E-state index in [0.717, 1.165) is 16.5 Å². The fourth-order valence-electron chi connectivity index (χ4n) is 6.15. The topological polar surface area (TPSA) is 150 Å². The molecular formula is C33H43N5O6. The molecule has 1 saturated heterocycles. The minimum Gasteiger partial charge on any atom is -0.451 e. The fourth-order valence-corrected chi connectivity index (χ4v) is 6.15. The Bertz CT molecular complexity index is 1450. The summed E-state index contributed by atoms with van der Waals surface area (Å²) in [5.74, 6) is -2.09. The average molecular weight is 606 g/mol. The number of aliphatic hydroxyl groups is 1. The van der Waals surface area contributed by atoms with Gasteiger partial charge >= 0.3 is 5.97 Å². The predicted octanol–water partition coefficient (Wildman–Crippen LogP) is 2.93. The number of hydrazine groups is 1. The van der Waals surface area contributed by atoms with Gasteiger partial charge in [-0.1, -0.05) is 44.2 Å². The van der Waals surface area contributed by atoms with Crippen LogP contribution in [0.5, 0.6) is 0 Å². The van der Waals surface area contributed by atoms with Crippen molar-refractivity contribution >= 4 is 40.7 Å². The molecule has 3 amide bonds. The highest BCUT2D eigenvalue weighted by Gasteiger charge is 2.43. The number of hydrogen-bond acceptors (Lipinski definition) is 8. The summed E-state index contributed by atoms with van der Waals surface area (Å²) in [7, 11) is 0. The summed E-state index contributed by atoms with van der Waals surface area (Å²) in [6.45, 7) is 7.39. The summed E-state index contributed by atoms with van der Waals surface area (Å²) in [4.78, 5) is 58.7. The number of cyclic esters (lactones) is 1. The molecule has 2 aromatic rings. The molecule has 11 heteroatoms. The largest absolute Gasteiger partial charge is 0.451 e. The molecule has 5 bridgehead atoms. The Kier molecular flexibility index (Phi) is 9.36. The van der Waals surface area contributed by atoms with Crippen molar-refractivity contribution < 1.29 is 29.0 Å². The molecule has 1 unspecified atom stereocenters. The van der Waals surface area contributed by atoms with Gasteiger partial charge < -0.3 is 20.5 Å². The van der Waals surface area contributed by atoms with Crippen LogP contribution in [0.3, 0.4) is 0 Å². The highest BCUT2D eigenvalue weighted by atomic mass is 16.5. The van der Waals surface area contributed by atoms with Crippen LogP contribution in [-0.2, 0) is 23.9 Å². The van der Waals surface area contributed by atoms with E-state index in [1.54, 1.807) is 20.8 Å². The normalized spacial score (nSPS) is 31.5.